The summed E-state index contributed by atoms with van der Waals surface area (Å²) in [6.07, 6.45) is -1.28. The number of nitrogens with two attached hydrogens (primary N) is 1. The third-order valence-corrected chi connectivity index (χ3v) is 12.5. The summed E-state index contributed by atoms with van der Waals surface area (Å²) in [5.41, 5.74) is 2.40. The molecule has 2 heterocycles. The molecule has 4 atom stereocenters. The van der Waals surface area contributed by atoms with E-state index < -0.39 is 43.6 Å². The van der Waals surface area contributed by atoms with Crippen molar-refractivity contribution in [1.82, 2.24) is 9.55 Å². The first-order valence-electron chi connectivity index (χ1n) is 8.24. The Bertz CT molecular complexity index is 716. The van der Waals surface area contributed by atoms with Crippen molar-refractivity contribution < 1.29 is 19.3 Å². The topological polar surface area (TPSA) is 111 Å². The molecule has 9 heteroatoms. The lowest BCUT2D eigenvalue weighted by Crippen LogP contribution is -2.72. The van der Waals surface area contributed by atoms with Gasteiger partial charge in [-0.25, -0.2) is 9.18 Å². The highest BCUT2D eigenvalue weighted by atomic mass is 28.3. The summed E-state index contributed by atoms with van der Waals surface area (Å²) in [6.45, 7) is 10.2. The van der Waals surface area contributed by atoms with Crippen molar-refractivity contribution in [1.29, 1.82) is 0 Å². The van der Waals surface area contributed by atoms with E-state index in [-0.39, 0.29) is 10.9 Å². The molecule has 4 N–H and O–H groups in total. The number of aliphatic hydroxyl groups excluding tert-OH is 1. The molecular formula is C16H28FN3O4Si. The molecule has 0 unspecified atom stereocenters. The zero-order valence-electron chi connectivity index (χ0n) is 15.6. The maximum Gasteiger partial charge on any atom is 0.351 e. The van der Waals surface area contributed by atoms with Gasteiger partial charge in [-0.3, -0.25) is 4.57 Å². The molecule has 0 saturated carbocycles. The van der Waals surface area contributed by atoms with Crippen molar-refractivity contribution in [2.75, 3.05) is 12.3 Å². The van der Waals surface area contributed by atoms with Crippen LogP contribution in [0.3, 0.4) is 0 Å². The number of hydrogen-bond acceptors (Lipinski definition) is 6. The Kier molecular flexibility index (Phi) is 4.70. The highest BCUT2D eigenvalue weighted by Gasteiger charge is 2.73. The Morgan fingerprint density at radius 2 is 2.04 bits per heavy atom. The van der Waals surface area contributed by atoms with Crippen molar-refractivity contribution >= 4 is 13.9 Å². The van der Waals surface area contributed by atoms with Gasteiger partial charge in [-0.05, 0) is 18.0 Å². The van der Waals surface area contributed by atoms with Gasteiger partial charge in [0.15, 0.2) is 11.9 Å². The lowest BCUT2D eigenvalue weighted by molar-refractivity contribution is -0.0615. The van der Waals surface area contributed by atoms with Crippen LogP contribution >= 0.6 is 0 Å². The van der Waals surface area contributed by atoms with Gasteiger partial charge in [-0.15, -0.1) is 0 Å². The second-order valence-electron chi connectivity index (χ2n) is 8.42. The van der Waals surface area contributed by atoms with Crippen LogP contribution in [0.1, 0.15) is 33.9 Å². The molecule has 1 aliphatic rings. The minimum absolute atomic E-state index is 0.0122. The van der Waals surface area contributed by atoms with Crippen molar-refractivity contribution in [3.63, 3.8) is 0 Å². The predicted molar refractivity (Wildman–Crippen MR) is 95.6 cm³/mol. The van der Waals surface area contributed by atoms with E-state index in [1.807, 2.05) is 33.9 Å². The van der Waals surface area contributed by atoms with Gasteiger partial charge in [0.2, 0.25) is 0 Å². The van der Waals surface area contributed by atoms with Gasteiger partial charge < -0.3 is 20.7 Å². The van der Waals surface area contributed by atoms with Crippen LogP contribution in [0.15, 0.2) is 17.1 Å². The van der Waals surface area contributed by atoms with E-state index in [9.17, 15) is 15.0 Å². The summed E-state index contributed by atoms with van der Waals surface area (Å²) in [5, 5.41) is 19.0. The normalized spacial score (nSPS) is 33.6. The molecular weight excluding hydrogens is 345 g/mol. The summed E-state index contributed by atoms with van der Waals surface area (Å²) in [7, 11) is -2.78. The molecule has 1 aromatic rings. The predicted octanol–water partition coefficient (Wildman–Crippen LogP) is 1.22. The largest absolute Gasteiger partial charge is 0.394 e. The van der Waals surface area contributed by atoms with Crippen molar-refractivity contribution in [2.24, 2.45) is 0 Å². The number of halogens is 1. The van der Waals surface area contributed by atoms with E-state index in [4.69, 9.17) is 10.5 Å². The standard InChI is InChI=1S/C16H28FN3O4Si/c1-14(2,3)25(5,6)16(23)10(9-21)24-12(15(16,4)17)20-8-7-11(18)19-13(20)22/h7-8,10,12,21,23H,9H2,1-6H3,(H2,18,19,22)/t10-,12-,15+,16+/m1/s1. The second-order valence-corrected chi connectivity index (χ2v) is 13.9. The number of rotatable bonds is 3. The molecule has 0 radical (unpaired) electrons. The maximum atomic E-state index is 16.1. The third kappa shape index (κ3) is 2.64. The molecule has 0 bridgehead atoms. The number of anilines is 1. The Morgan fingerprint density at radius 3 is 2.48 bits per heavy atom. The molecule has 0 amide bonds. The quantitative estimate of drug-likeness (QED) is 0.687. The van der Waals surface area contributed by atoms with E-state index in [1.54, 1.807) is 0 Å². The number of hydrogen-bond donors (Lipinski definition) is 3. The van der Waals surface area contributed by atoms with Crippen LogP contribution in [0.5, 0.6) is 0 Å². The molecule has 142 valence electrons. The zero-order chi connectivity index (χ0) is 19.4. The first-order chi connectivity index (χ1) is 11.2. The number of nitrogen functional groups attached to an aromatic ring is 1. The second kappa shape index (κ2) is 5.87. The van der Waals surface area contributed by atoms with Gasteiger partial charge in [0, 0.05) is 6.20 Å². The SMILES string of the molecule is CC(C)(C)[Si](C)(C)[C@@]1(O)[C@@H](CO)O[C@@H](n2ccc(N)nc2=O)[C@]1(C)F. The Morgan fingerprint density at radius 1 is 1.48 bits per heavy atom. The highest BCUT2D eigenvalue weighted by Crippen LogP contribution is 2.57. The Hall–Kier alpha value is -1.29. The van der Waals surface area contributed by atoms with Crippen LogP contribution in [-0.2, 0) is 4.74 Å². The average molecular weight is 374 g/mol. The summed E-state index contributed by atoms with van der Waals surface area (Å²) in [5.74, 6) is 0.0122. The van der Waals surface area contributed by atoms with Gasteiger partial charge in [-0.1, -0.05) is 33.9 Å². The van der Waals surface area contributed by atoms with Crippen LogP contribution in [0.4, 0.5) is 10.2 Å². The van der Waals surface area contributed by atoms with Gasteiger partial charge in [0.05, 0.1) is 14.7 Å². The van der Waals surface area contributed by atoms with Crippen molar-refractivity contribution in [3.8, 4) is 0 Å². The van der Waals surface area contributed by atoms with E-state index in [0.717, 1.165) is 4.57 Å². The number of nitrogens with zero attached hydrogens (tertiary/aromatic N) is 2. The molecule has 7 nitrogen and oxygen atoms in total. The van der Waals surface area contributed by atoms with Crippen LogP contribution in [0.25, 0.3) is 0 Å². The van der Waals surface area contributed by atoms with Crippen LogP contribution in [-0.4, -0.2) is 51.4 Å². The molecule has 2 rings (SSSR count). The summed E-state index contributed by atoms with van der Waals surface area (Å²) >= 11 is 0. The number of alkyl halides is 1. The van der Waals surface area contributed by atoms with Crippen LogP contribution in [0.2, 0.25) is 18.1 Å². The van der Waals surface area contributed by atoms with Gasteiger partial charge in [0.25, 0.3) is 0 Å². The monoisotopic (exact) mass is 373 g/mol. The minimum atomic E-state index is -2.78. The summed E-state index contributed by atoms with van der Waals surface area (Å²) < 4.78 is 22.7. The van der Waals surface area contributed by atoms with E-state index in [1.165, 1.54) is 19.2 Å². The molecule has 0 aromatic carbocycles. The number of ether oxygens (including phenoxy) is 1. The van der Waals surface area contributed by atoms with Crippen LogP contribution < -0.4 is 11.4 Å². The molecule has 25 heavy (non-hydrogen) atoms. The molecule has 0 spiro atoms. The Labute approximate surface area is 147 Å². The third-order valence-electron chi connectivity index (χ3n) is 6.07. The van der Waals surface area contributed by atoms with E-state index in [2.05, 4.69) is 4.98 Å². The summed E-state index contributed by atoms with van der Waals surface area (Å²) in [6, 6.07) is 1.36. The fourth-order valence-electron chi connectivity index (χ4n) is 3.58. The number of aromatic nitrogens is 2. The maximum absolute atomic E-state index is 16.1. The van der Waals surface area contributed by atoms with Gasteiger partial charge >= 0.3 is 5.69 Å². The molecule has 1 aliphatic heterocycles. The number of aliphatic hydroxyl groups is 2. The van der Waals surface area contributed by atoms with Crippen molar-refractivity contribution in [3.05, 3.63) is 22.7 Å². The van der Waals surface area contributed by atoms with E-state index >= 15 is 4.39 Å². The molecule has 0 aliphatic carbocycles. The lowest BCUT2D eigenvalue weighted by Gasteiger charge is -2.52. The average Bonchev–Trinajstić information content (AvgIpc) is 2.67. The fourth-order valence-corrected chi connectivity index (χ4v) is 7.03. The minimum Gasteiger partial charge on any atom is -0.394 e. The highest BCUT2D eigenvalue weighted by molar-refractivity contribution is 6.83. The smallest absolute Gasteiger partial charge is 0.351 e. The van der Waals surface area contributed by atoms with Crippen molar-refractivity contribution in [2.45, 2.75) is 69.1 Å². The molecule has 1 aromatic heterocycles. The zero-order valence-corrected chi connectivity index (χ0v) is 16.6. The molecule has 1 fully saturated rings. The Balaban J connectivity index is 2.66. The van der Waals surface area contributed by atoms with Gasteiger partial charge in [0.1, 0.15) is 17.1 Å². The van der Waals surface area contributed by atoms with E-state index in [0.29, 0.717) is 0 Å². The summed E-state index contributed by atoms with van der Waals surface area (Å²) in [4.78, 5) is 15.8. The first-order valence-corrected chi connectivity index (χ1v) is 11.2. The molecule has 1 saturated heterocycles. The van der Waals surface area contributed by atoms with Gasteiger partial charge in [-0.2, -0.15) is 4.98 Å². The first kappa shape index (κ1) is 20.0. The lowest BCUT2D eigenvalue weighted by atomic mass is 9.97. The van der Waals surface area contributed by atoms with Crippen LogP contribution in [0, 0.1) is 0 Å². The fraction of sp³-hybridized carbons (Fsp3) is 0.750.